The molecule has 0 unspecified atom stereocenters. The Morgan fingerprint density at radius 3 is 2.55 bits per heavy atom. The monoisotopic (exact) mass is 326 g/mol. The molecule has 0 atom stereocenters. The van der Waals surface area contributed by atoms with Crippen LogP contribution in [0.1, 0.15) is 11.3 Å². The van der Waals surface area contributed by atoms with Crippen LogP contribution in [0, 0.1) is 11.3 Å². The minimum Gasteiger partial charge on any atom is -0.246 e. The number of nitrogens with zero attached hydrogens (tertiary/aromatic N) is 2. The van der Waals surface area contributed by atoms with Crippen LogP contribution < -0.4 is 0 Å². The lowest BCUT2D eigenvalue weighted by Crippen LogP contribution is -2.05. The molecule has 0 fully saturated rings. The molecule has 2 aromatic rings. The third-order valence-electron chi connectivity index (χ3n) is 2.55. The minimum absolute atomic E-state index is 0.0854. The molecule has 0 aliphatic carbocycles. The van der Waals surface area contributed by atoms with Gasteiger partial charge >= 0.3 is 0 Å². The molecule has 1 aromatic carbocycles. The first kappa shape index (κ1) is 14.8. The standard InChI is InChI=1S/C13H8Cl2N2O2S/c14-12-2-1-11(6-13(12)15)20(18,19)8-9-3-4-17-10(5-9)7-16/h1-6H,8H2. The SMILES string of the molecule is N#Cc1cc(CS(=O)(=O)c2ccc(Cl)c(Cl)c2)ccn1. The van der Waals surface area contributed by atoms with Gasteiger partial charge in [-0.05, 0) is 35.9 Å². The average Bonchev–Trinajstić information content (AvgIpc) is 2.41. The Labute approximate surface area is 126 Å². The molecule has 0 saturated heterocycles. The van der Waals surface area contributed by atoms with Crippen molar-refractivity contribution in [2.24, 2.45) is 0 Å². The molecule has 0 N–H and O–H groups in total. The highest BCUT2D eigenvalue weighted by molar-refractivity contribution is 7.90. The molecule has 1 aromatic heterocycles. The van der Waals surface area contributed by atoms with Crippen molar-refractivity contribution >= 4 is 33.0 Å². The molecule has 0 spiro atoms. The van der Waals surface area contributed by atoms with Crippen molar-refractivity contribution in [2.45, 2.75) is 10.6 Å². The Morgan fingerprint density at radius 2 is 1.90 bits per heavy atom. The third-order valence-corrected chi connectivity index (χ3v) is 4.97. The van der Waals surface area contributed by atoms with Crippen molar-refractivity contribution in [3.05, 3.63) is 57.8 Å². The lowest BCUT2D eigenvalue weighted by molar-refractivity contribution is 0.595. The van der Waals surface area contributed by atoms with Gasteiger partial charge in [-0.25, -0.2) is 13.4 Å². The van der Waals surface area contributed by atoms with E-state index in [1.54, 1.807) is 6.07 Å². The third kappa shape index (κ3) is 3.28. The normalized spacial score (nSPS) is 11.1. The van der Waals surface area contributed by atoms with E-state index in [2.05, 4.69) is 4.98 Å². The van der Waals surface area contributed by atoms with Crippen molar-refractivity contribution < 1.29 is 8.42 Å². The zero-order valence-electron chi connectivity index (χ0n) is 10.0. The number of halogens is 2. The first-order chi connectivity index (χ1) is 9.42. The Morgan fingerprint density at radius 1 is 1.15 bits per heavy atom. The van der Waals surface area contributed by atoms with Crippen LogP contribution in [0.25, 0.3) is 0 Å². The van der Waals surface area contributed by atoms with E-state index in [1.165, 1.54) is 30.5 Å². The number of nitriles is 1. The molecule has 7 heteroatoms. The quantitative estimate of drug-likeness (QED) is 0.868. The Kier molecular flexibility index (Phi) is 4.29. The summed E-state index contributed by atoms with van der Waals surface area (Å²) in [4.78, 5) is 3.88. The molecule has 1 heterocycles. The van der Waals surface area contributed by atoms with Crippen LogP contribution >= 0.6 is 23.2 Å². The van der Waals surface area contributed by atoms with E-state index in [0.29, 0.717) is 10.6 Å². The fourth-order valence-electron chi connectivity index (χ4n) is 1.60. The smallest absolute Gasteiger partial charge is 0.182 e. The van der Waals surface area contributed by atoms with Crippen LogP contribution in [0.3, 0.4) is 0 Å². The number of benzene rings is 1. The molecule has 0 bridgehead atoms. The number of hydrogen-bond donors (Lipinski definition) is 0. The molecular weight excluding hydrogens is 319 g/mol. The van der Waals surface area contributed by atoms with Gasteiger partial charge < -0.3 is 0 Å². The predicted octanol–water partition coefficient (Wildman–Crippen LogP) is 3.23. The molecule has 0 amide bonds. The predicted molar refractivity (Wildman–Crippen MR) is 76.3 cm³/mol. The second kappa shape index (κ2) is 5.80. The summed E-state index contributed by atoms with van der Waals surface area (Å²) in [5, 5.41) is 9.22. The summed E-state index contributed by atoms with van der Waals surface area (Å²) in [6.45, 7) is 0. The van der Waals surface area contributed by atoms with E-state index >= 15 is 0 Å². The minimum atomic E-state index is -3.56. The average molecular weight is 327 g/mol. The summed E-state index contributed by atoms with van der Waals surface area (Å²) < 4.78 is 24.5. The van der Waals surface area contributed by atoms with E-state index in [4.69, 9.17) is 28.5 Å². The Hall–Kier alpha value is -1.61. The van der Waals surface area contributed by atoms with E-state index in [-0.39, 0.29) is 21.4 Å². The van der Waals surface area contributed by atoms with Gasteiger partial charge in [0.15, 0.2) is 9.84 Å². The highest BCUT2D eigenvalue weighted by Gasteiger charge is 2.17. The molecule has 0 aliphatic rings. The first-order valence-corrected chi connectivity index (χ1v) is 7.86. The first-order valence-electron chi connectivity index (χ1n) is 5.45. The Balaban J connectivity index is 2.35. The summed E-state index contributed by atoms with van der Waals surface area (Å²) in [5.74, 6) is -0.234. The summed E-state index contributed by atoms with van der Waals surface area (Å²) in [6, 6.07) is 9.00. The lowest BCUT2D eigenvalue weighted by Gasteiger charge is -2.06. The van der Waals surface area contributed by atoms with Gasteiger partial charge in [0.1, 0.15) is 11.8 Å². The van der Waals surface area contributed by atoms with Gasteiger partial charge in [-0.3, -0.25) is 0 Å². The fraction of sp³-hybridized carbons (Fsp3) is 0.0769. The molecule has 0 radical (unpaired) electrons. The van der Waals surface area contributed by atoms with E-state index in [1.807, 2.05) is 6.07 Å². The Bertz CT molecular complexity index is 798. The zero-order chi connectivity index (χ0) is 14.8. The topological polar surface area (TPSA) is 70.8 Å². The van der Waals surface area contributed by atoms with Gasteiger partial charge in [-0.2, -0.15) is 5.26 Å². The summed E-state index contributed by atoms with van der Waals surface area (Å²) in [5.41, 5.74) is 0.662. The maximum atomic E-state index is 12.3. The van der Waals surface area contributed by atoms with Crippen molar-refractivity contribution in [1.29, 1.82) is 5.26 Å². The molecule has 102 valence electrons. The van der Waals surface area contributed by atoms with Crippen LogP contribution in [0.4, 0.5) is 0 Å². The van der Waals surface area contributed by atoms with Crippen molar-refractivity contribution in [3.63, 3.8) is 0 Å². The lowest BCUT2D eigenvalue weighted by atomic mass is 10.2. The molecule has 4 nitrogen and oxygen atoms in total. The molecule has 0 aliphatic heterocycles. The van der Waals surface area contributed by atoms with Crippen molar-refractivity contribution in [3.8, 4) is 6.07 Å². The number of sulfone groups is 1. The number of rotatable bonds is 3. The van der Waals surface area contributed by atoms with Gasteiger partial charge in [0.25, 0.3) is 0 Å². The van der Waals surface area contributed by atoms with Crippen LogP contribution in [-0.4, -0.2) is 13.4 Å². The van der Waals surface area contributed by atoms with E-state index in [0.717, 1.165) is 0 Å². The van der Waals surface area contributed by atoms with Crippen LogP contribution in [0.2, 0.25) is 10.0 Å². The summed E-state index contributed by atoms with van der Waals surface area (Å²) in [7, 11) is -3.56. The van der Waals surface area contributed by atoms with Crippen molar-refractivity contribution in [2.75, 3.05) is 0 Å². The zero-order valence-corrected chi connectivity index (χ0v) is 12.4. The largest absolute Gasteiger partial charge is 0.246 e. The maximum Gasteiger partial charge on any atom is 0.182 e. The molecule has 20 heavy (non-hydrogen) atoms. The maximum absolute atomic E-state index is 12.3. The summed E-state index contributed by atoms with van der Waals surface area (Å²) in [6.07, 6.45) is 1.40. The van der Waals surface area contributed by atoms with Crippen molar-refractivity contribution in [1.82, 2.24) is 4.98 Å². The van der Waals surface area contributed by atoms with Gasteiger partial charge in [-0.1, -0.05) is 23.2 Å². The van der Waals surface area contributed by atoms with Crippen LogP contribution in [0.5, 0.6) is 0 Å². The van der Waals surface area contributed by atoms with Gasteiger partial charge in [-0.15, -0.1) is 0 Å². The van der Waals surface area contributed by atoms with Gasteiger partial charge in [0, 0.05) is 6.20 Å². The second-order valence-electron chi connectivity index (χ2n) is 4.00. The molecular formula is C13H8Cl2N2O2S. The highest BCUT2D eigenvalue weighted by atomic mass is 35.5. The number of pyridine rings is 1. The molecule has 0 saturated carbocycles. The number of aromatic nitrogens is 1. The van der Waals surface area contributed by atoms with E-state index < -0.39 is 9.84 Å². The number of hydrogen-bond acceptors (Lipinski definition) is 4. The van der Waals surface area contributed by atoms with Gasteiger partial charge in [0.05, 0.1) is 20.7 Å². The second-order valence-corrected chi connectivity index (χ2v) is 6.80. The van der Waals surface area contributed by atoms with Crippen LogP contribution in [0.15, 0.2) is 41.4 Å². The summed E-state index contributed by atoms with van der Waals surface area (Å²) >= 11 is 11.6. The highest BCUT2D eigenvalue weighted by Crippen LogP contribution is 2.26. The van der Waals surface area contributed by atoms with E-state index in [9.17, 15) is 8.42 Å². The fourth-order valence-corrected chi connectivity index (χ4v) is 3.32. The van der Waals surface area contributed by atoms with Gasteiger partial charge in [0.2, 0.25) is 0 Å². The van der Waals surface area contributed by atoms with Crippen LogP contribution in [-0.2, 0) is 15.6 Å². The molecule has 2 rings (SSSR count).